The van der Waals surface area contributed by atoms with E-state index in [-0.39, 0.29) is 5.82 Å². The number of rotatable bonds is 3. The summed E-state index contributed by atoms with van der Waals surface area (Å²) in [5.74, 6) is -1.20. The highest BCUT2D eigenvalue weighted by atomic mass is 16.4. The molecule has 1 aromatic heterocycles. The van der Waals surface area contributed by atoms with Crippen LogP contribution in [0.1, 0.15) is 10.6 Å². The van der Waals surface area contributed by atoms with E-state index in [1.165, 1.54) is 23.4 Å². The van der Waals surface area contributed by atoms with Crippen LogP contribution in [0.3, 0.4) is 0 Å². The smallest absolute Gasteiger partial charge is 0.373 e. The lowest BCUT2D eigenvalue weighted by Crippen LogP contribution is -2.11. The summed E-state index contributed by atoms with van der Waals surface area (Å²) in [6.07, 6.45) is 4.36. The zero-order valence-electron chi connectivity index (χ0n) is 7.38. The van der Waals surface area contributed by atoms with Crippen LogP contribution in [0.5, 0.6) is 0 Å². The summed E-state index contributed by atoms with van der Waals surface area (Å²) in [4.78, 5) is 15.9. The van der Waals surface area contributed by atoms with E-state index in [9.17, 15) is 4.79 Å². The molecular formula is C7H10N4O2. The fourth-order valence-corrected chi connectivity index (χ4v) is 0.702. The summed E-state index contributed by atoms with van der Waals surface area (Å²) in [5, 5.41) is 12.5. The van der Waals surface area contributed by atoms with E-state index in [0.29, 0.717) is 0 Å². The summed E-state index contributed by atoms with van der Waals surface area (Å²) in [5.41, 5.74) is 0. The van der Waals surface area contributed by atoms with Crippen molar-refractivity contribution in [1.29, 1.82) is 0 Å². The second kappa shape index (κ2) is 3.70. The zero-order chi connectivity index (χ0) is 9.84. The molecule has 0 radical (unpaired) electrons. The molecule has 0 fully saturated rings. The molecule has 0 atom stereocenters. The van der Waals surface area contributed by atoms with Gasteiger partial charge in [-0.05, 0) is 0 Å². The molecule has 6 nitrogen and oxygen atoms in total. The molecule has 0 aliphatic rings. The molecule has 1 aromatic rings. The molecule has 0 saturated heterocycles. The van der Waals surface area contributed by atoms with Crippen molar-refractivity contribution in [2.45, 2.75) is 0 Å². The molecule has 6 heteroatoms. The predicted octanol–water partition coefficient (Wildman–Crippen LogP) is -0.0657. The van der Waals surface area contributed by atoms with E-state index < -0.39 is 5.97 Å². The first-order valence-electron chi connectivity index (χ1n) is 3.59. The van der Waals surface area contributed by atoms with Gasteiger partial charge in [0.25, 0.3) is 0 Å². The van der Waals surface area contributed by atoms with Gasteiger partial charge in [0.15, 0.2) is 0 Å². The fraction of sp³-hybridized carbons (Fsp3) is 0.286. The van der Waals surface area contributed by atoms with Crippen LogP contribution in [0, 0.1) is 0 Å². The average molecular weight is 182 g/mol. The predicted molar refractivity (Wildman–Crippen MR) is 46.8 cm³/mol. The molecule has 0 spiro atoms. The Kier molecular flexibility index (Phi) is 2.63. The van der Waals surface area contributed by atoms with Gasteiger partial charge in [-0.2, -0.15) is 5.10 Å². The number of carbonyl (C=O) groups is 1. The Hall–Kier alpha value is -1.85. The van der Waals surface area contributed by atoms with Crippen LogP contribution in [0.15, 0.2) is 17.5 Å². The Morgan fingerprint density at radius 2 is 2.46 bits per heavy atom. The molecular weight excluding hydrogens is 172 g/mol. The lowest BCUT2D eigenvalue weighted by molar-refractivity contribution is 0.0679. The first-order chi connectivity index (χ1) is 6.11. The van der Waals surface area contributed by atoms with Gasteiger partial charge in [0.2, 0.25) is 5.82 Å². The molecule has 0 amide bonds. The average Bonchev–Trinajstić information content (AvgIpc) is 2.47. The number of hydrogen-bond donors (Lipinski definition) is 1. The van der Waals surface area contributed by atoms with Crippen LogP contribution in [0.2, 0.25) is 0 Å². The summed E-state index contributed by atoms with van der Waals surface area (Å²) in [6, 6.07) is 0. The molecule has 1 heterocycles. The van der Waals surface area contributed by atoms with Gasteiger partial charge < -0.3 is 10.0 Å². The number of hydrogen-bond acceptors (Lipinski definition) is 3. The van der Waals surface area contributed by atoms with E-state index in [1.54, 1.807) is 19.0 Å². The standard InChI is InChI=1S/C7H10N4O2/c1-10(2)5-9-11-4-3-8-6(11)7(12)13/h3-5H,1-2H3,(H,12,13). The van der Waals surface area contributed by atoms with Crippen molar-refractivity contribution in [2.24, 2.45) is 5.10 Å². The minimum Gasteiger partial charge on any atom is -0.475 e. The normalized spacial score (nSPS) is 10.6. The Bertz CT molecular complexity index is 329. The number of nitrogens with zero attached hydrogens (tertiary/aromatic N) is 4. The van der Waals surface area contributed by atoms with Crippen LogP contribution < -0.4 is 0 Å². The van der Waals surface area contributed by atoms with E-state index in [4.69, 9.17) is 5.11 Å². The van der Waals surface area contributed by atoms with Crippen molar-refractivity contribution in [3.05, 3.63) is 18.2 Å². The molecule has 13 heavy (non-hydrogen) atoms. The van der Waals surface area contributed by atoms with Gasteiger partial charge in [-0.3, -0.25) is 0 Å². The number of carboxylic acid groups (broad SMARTS) is 1. The van der Waals surface area contributed by atoms with Crippen molar-refractivity contribution >= 4 is 12.3 Å². The second-order valence-corrected chi connectivity index (χ2v) is 2.60. The van der Waals surface area contributed by atoms with Gasteiger partial charge in [-0.25, -0.2) is 14.5 Å². The molecule has 0 saturated carbocycles. The van der Waals surface area contributed by atoms with Crippen molar-refractivity contribution in [3.8, 4) is 0 Å². The topological polar surface area (TPSA) is 70.7 Å². The van der Waals surface area contributed by atoms with Gasteiger partial charge >= 0.3 is 5.97 Å². The van der Waals surface area contributed by atoms with Gasteiger partial charge in [0.05, 0.1) is 0 Å². The molecule has 0 unspecified atom stereocenters. The number of carboxylic acids is 1. The van der Waals surface area contributed by atoms with Crippen molar-refractivity contribution in [3.63, 3.8) is 0 Å². The molecule has 70 valence electrons. The number of aromatic carboxylic acids is 1. The second-order valence-electron chi connectivity index (χ2n) is 2.60. The largest absolute Gasteiger partial charge is 0.475 e. The molecule has 0 aromatic carbocycles. The Balaban J connectivity index is 2.88. The molecule has 1 rings (SSSR count). The highest BCUT2D eigenvalue weighted by Crippen LogP contribution is 1.95. The Morgan fingerprint density at radius 3 is 3.00 bits per heavy atom. The fourth-order valence-electron chi connectivity index (χ4n) is 0.702. The molecule has 0 aliphatic carbocycles. The Labute approximate surface area is 75.1 Å². The minimum atomic E-state index is -1.10. The molecule has 0 bridgehead atoms. The maximum Gasteiger partial charge on any atom is 0.373 e. The van der Waals surface area contributed by atoms with Crippen molar-refractivity contribution in [1.82, 2.24) is 14.6 Å². The highest BCUT2D eigenvalue weighted by molar-refractivity contribution is 5.83. The summed E-state index contributed by atoms with van der Waals surface area (Å²) < 4.78 is 1.20. The van der Waals surface area contributed by atoms with Crippen molar-refractivity contribution < 1.29 is 9.90 Å². The third-order valence-corrected chi connectivity index (χ3v) is 1.22. The van der Waals surface area contributed by atoms with Gasteiger partial charge in [-0.15, -0.1) is 0 Å². The van der Waals surface area contributed by atoms with Crippen LogP contribution in [0.4, 0.5) is 0 Å². The van der Waals surface area contributed by atoms with Gasteiger partial charge in [0, 0.05) is 26.5 Å². The van der Waals surface area contributed by atoms with Crippen LogP contribution >= 0.6 is 0 Å². The van der Waals surface area contributed by atoms with E-state index in [1.807, 2.05) is 0 Å². The summed E-state index contributed by atoms with van der Waals surface area (Å²) >= 11 is 0. The maximum absolute atomic E-state index is 10.6. The van der Waals surface area contributed by atoms with Crippen molar-refractivity contribution in [2.75, 3.05) is 14.1 Å². The lowest BCUT2D eigenvalue weighted by atomic mass is 10.6. The monoisotopic (exact) mass is 182 g/mol. The molecule has 1 N–H and O–H groups in total. The first kappa shape index (κ1) is 9.24. The summed E-state index contributed by atoms with van der Waals surface area (Å²) in [7, 11) is 3.59. The van der Waals surface area contributed by atoms with E-state index >= 15 is 0 Å². The van der Waals surface area contributed by atoms with Gasteiger partial charge in [-0.1, -0.05) is 0 Å². The number of aromatic nitrogens is 2. The highest BCUT2D eigenvalue weighted by Gasteiger charge is 2.08. The van der Waals surface area contributed by atoms with Gasteiger partial charge in [0.1, 0.15) is 6.34 Å². The zero-order valence-corrected chi connectivity index (χ0v) is 7.38. The minimum absolute atomic E-state index is 0.0990. The first-order valence-corrected chi connectivity index (χ1v) is 3.59. The van der Waals surface area contributed by atoms with Crippen LogP contribution in [-0.2, 0) is 0 Å². The van der Waals surface area contributed by atoms with Crippen LogP contribution in [0.25, 0.3) is 0 Å². The van der Waals surface area contributed by atoms with Crippen LogP contribution in [-0.4, -0.2) is 46.1 Å². The third kappa shape index (κ3) is 2.29. The van der Waals surface area contributed by atoms with E-state index in [2.05, 4.69) is 10.1 Å². The summed E-state index contributed by atoms with van der Waals surface area (Å²) in [6.45, 7) is 0. The maximum atomic E-state index is 10.6. The number of imidazole rings is 1. The Morgan fingerprint density at radius 1 is 1.77 bits per heavy atom. The SMILES string of the molecule is CN(C)C=Nn1ccnc1C(=O)O. The van der Waals surface area contributed by atoms with E-state index in [0.717, 1.165) is 0 Å². The third-order valence-electron chi connectivity index (χ3n) is 1.22. The lowest BCUT2D eigenvalue weighted by Gasteiger charge is -2.02. The molecule has 0 aliphatic heterocycles. The quantitative estimate of drug-likeness (QED) is 0.525.